The Hall–Kier alpha value is -3.09. The minimum atomic E-state index is -0.254. The van der Waals surface area contributed by atoms with Crippen molar-refractivity contribution in [2.75, 3.05) is 19.5 Å². The SMILES string of the molecule is COc1ccc(NC(=O)c2cc(-c3ccc(Cl)s3)nc3ccccc23)c(OC)c1. The molecule has 2 aromatic heterocycles. The van der Waals surface area contributed by atoms with Crippen LogP contribution in [-0.2, 0) is 0 Å². The van der Waals surface area contributed by atoms with Crippen LogP contribution in [0.3, 0.4) is 0 Å². The van der Waals surface area contributed by atoms with E-state index in [0.717, 1.165) is 15.8 Å². The molecule has 0 saturated carbocycles. The average Bonchev–Trinajstić information content (AvgIpc) is 3.19. The molecule has 4 aromatic rings. The maximum Gasteiger partial charge on any atom is 0.256 e. The number of amides is 1. The summed E-state index contributed by atoms with van der Waals surface area (Å²) < 4.78 is 11.3. The molecular weight excluding hydrogens is 408 g/mol. The van der Waals surface area contributed by atoms with Crippen molar-refractivity contribution >= 4 is 45.4 Å². The van der Waals surface area contributed by atoms with E-state index in [2.05, 4.69) is 5.32 Å². The molecule has 2 heterocycles. The first-order valence-corrected chi connectivity index (χ1v) is 9.97. The van der Waals surface area contributed by atoms with Gasteiger partial charge in [-0.25, -0.2) is 4.98 Å². The molecule has 0 spiro atoms. The minimum Gasteiger partial charge on any atom is -0.497 e. The number of aromatic nitrogens is 1. The van der Waals surface area contributed by atoms with Crippen molar-refractivity contribution < 1.29 is 14.3 Å². The van der Waals surface area contributed by atoms with Crippen molar-refractivity contribution in [3.05, 3.63) is 70.6 Å². The summed E-state index contributed by atoms with van der Waals surface area (Å²) in [5, 5.41) is 3.70. The standard InChI is InChI=1S/C22H17ClN2O3S/c1-27-13-7-8-17(19(11-13)28-2)25-22(26)15-12-18(20-9-10-21(23)29-20)24-16-6-4-3-5-14(15)16/h3-12H,1-2H3,(H,25,26). The van der Waals surface area contributed by atoms with Crippen LogP contribution in [-0.4, -0.2) is 25.1 Å². The third-order valence-corrected chi connectivity index (χ3v) is 5.70. The molecule has 4 rings (SSSR count). The van der Waals surface area contributed by atoms with Gasteiger partial charge in [0.25, 0.3) is 5.91 Å². The number of fused-ring (bicyclic) bond motifs is 1. The Morgan fingerprint density at radius 2 is 1.86 bits per heavy atom. The number of anilines is 1. The fourth-order valence-corrected chi connectivity index (χ4v) is 4.04. The van der Waals surface area contributed by atoms with Gasteiger partial charge in [-0.1, -0.05) is 29.8 Å². The van der Waals surface area contributed by atoms with E-state index in [-0.39, 0.29) is 5.91 Å². The van der Waals surface area contributed by atoms with Crippen molar-refractivity contribution in [1.82, 2.24) is 4.98 Å². The molecule has 0 bridgehead atoms. The first-order chi connectivity index (χ1) is 14.1. The molecule has 0 saturated heterocycles. The number of thiophene rings is 1. The molecule has 0 atom stereocenters. The van der Waals surface area contributed by atoms with Crippen LogP contribution in [0.2, 0.25) is 4.34 Å². The summed E-state index contributed by atoms with van der Waals surface area (Å²) in [4.78, 5) is 18.8. The molecule has 0 radical (unpaired) electrons. The third-order valence-electron chi connectivity index (χ3n) is 4.44. The lowest BCUT2D eigenvalue weighted by molar-refractivity contribution is 0.102. The van der Waals surface area contributed by atoms with Gasteiger partial charge in [-0.15, -0.1) is 11.3 Å². The topological polar surface area (TPSA) is 60.5 Å². The van der Waals surface area contributed by atoms with Crippen molar-refractivity contribution in [2.45, 2.75) is 0 Å². The molecule has 29 heavy (non-hydrogen) atoms. The number of carbonyl (C=O) groups excluding carboxylic acids is 1. The van der Waals surface area contributed by atoms with Gasteiger partial charge in [0.1, 0.15) is 11.5 Å². The Morgan fingerprint density at radius 3 is 2.59 bits per heavy atom. The highest BCUT2D eigenvalue weighted by molar-refractivity contribution is 7.19. The second kappa shape index (κ2) is 8.11. The zero-order valence-corrected chi connectivity index (χ0v) is 17.3. The number of halogens is 1. The molecule has 146 valence electrons. The molecule has 0 aliphatic heterocycles. The van der Waals surface area contributed by atoms with Crippen LogP contribution in [0, 0.1) is 0 Å². The predicted octanol–water partition coefficient (Wildman–Crippen LogP) is 5.89. The fourth-order valence-electron chi connectivity index (χ4n) is 3.03. The van der Waals surface area contributed by atoms with Gasteiger partial charge in [-0.3, -0.25) is 4.79 Å². The van der Waals surface area contributed by atoms with E-state index in [1.165, 1.54) is 11.3 Å². The molecule has 0 aliphatic carbocycles. The number of para-hydroxylation sites is 1. The van der Waals surface area contributed by atoms with E-state index in [9.17, 15) is 4.79 Å². The smallest absolute Gasteiger partial charge is 0.256 e. The third kappa shape index (κ3) is 3.90. The van der Waals surface area contributed by atoms with E-state index in [1.54, 1.807) is 38.5 Å². The Balaban J connectivity index is 1.77. The zero-order valence-electron chi connectivity index (χ0n) is 15.7. The number of ether oxygens (including phenoxy) is 2. The number of hydrogen-bond donors (Lipinski definition) is 1. The van der Waals surface area contributed by atoms with Crippen molar-refractivity contribution in [2.24, 2.45) is 0 Å². The summed E-state index contributed by atoms with van der Waals surface area (Å²) in [5.41, 5.74) is 2.52. The summed E-state index contributed by atoms with van der Waals surface area (Å²) in [6, 6.07) is 18.3. The normalized spacial score (nSPS) is 10.7. The van der Waals surface area contributed by atoms with Crippen LogP contribution in [0.4, 0.5) is 5.69 Å². The van der Waals surface area contributed by atoms with Gasteiger partial charge in [0.2, 0.25) is 0 Å². The van der Waals surface area contributed by atoms with Crippen LogP contribution < -0.4 is 14.8 Å². The molecular formula is C22H17ClN2O3S. The van der Waals surface area contributed by atoms with Crippen molar-refractivity contribution in [3.8, 4) is 22.1 Å². The Bertz CT molecular complexity index is 1210. The summed E-state index contributed by atoms with van der Waals surface area (Å²) >= 11 is 7.50. The average molecular weight is 425 g/mol. The first kappa shape index (κ1) is 19.2. The van der Waals surface area contributed by atoms with Gasteiger partial charge in [0.05, 0.1) is 45.9 Å². The molecule has 1 N–H and O–H groups in total. The number of hydrogen-bond acceptors (Lipinski definition) is 5. The molecule has 5 nitrogen and oxygen atoms in total. The van der Waals surface area contributed by atoms with Gasteiger partial charge >= 0.3 is 0 Å². The summed E-state index contributed by atoms with van der Waals surface area (Å²) in [6.45, 7) is 0. The highest BCUT2D eigenvalue weighted by atomic mass is 35.5. The maximum absolute atomic E-state index is 13.2. The number of nitrogens with one attached hydrogen (secondary N) is 1. The van der Waals surface area contributed by atoms with E-state index < -0.39 is 0 Å². The van der Waals surface area contributed by atoms with E-state index in [0.29, 0.717) is 32.8 Å². The maximum atomic E-state index is 13.2. The van der Waals surface area contributed by atoms with Crippen molar-refractivity contribution in [1.29, 1.82) is 0 Å². The Labute approximate surface area is 176 Å². The Morgan fingerprint density at radius 1 is 1.03 bits per heavy atom. The van der Waals surface area contributed by atoms with E-state index >= 15 is 0 Å². The summed E-state index contributed by atoms with van der Waals surface area (Å²) in [5.74, 6) is 0.906. The van der Waals surface area contributed by atoms with Gasteiger partial charge in [0, 0.05) is 11.5 Å². The summed E-state index contributed by atoms with van der Waals surface area (Å²) in [6.07, 6.45) is 0. The van der Waals surface area contributed by atoms with E-state index in [1.807, 2.05) is 36.4 Å². The fraction of sp³-hybridized carbons (Fsp3) is 0.0909. The largest absolute Gasteiger partial charge is 0.497 e. The number of methoxy groups -OCH3 is 2. The monoisotopic (exact) mass is 424 g/mol. The lowest BCUT2D eigenvalue weighted by Crippen LogP contribution is -2.13. The highest BCUT2D eigenvalue weighted by Gasteiger charge is 2.17. The van der Waals surface area contributed by atoms with Crippen LogP contribution in [0.25, 0.3) is 21.5 Å². The van der Waals surface area contributed by atoms with Crippen LogP contribution >= 0.6 is 22.9 Å². The second-order valence-electron chi connectivity index (χ2n) is 6.20. The van der Waals surface area contributed by atoms with Gasteiger partial charge in [0.15, 0.2) is 0 Å². The lowest BCUT2D eigenvalue weighted by atomic mass is 10.1. The first-order valence-electron chi connectivity index (χ1n) is 8.78. The highest BCUT2D eigenvalue weighted by Crippen LogP contribution is 2.33. The van der Waals surface area contributed by atoms with E-state index in [4.69, 9.17) is 26.1 Å². The molecule has 0 aliphatic rings. The van der Waals surface area contributed by atoms with Crippen molar-refractivity contribution in [3.63, 3.8) is 0 Å². The predicted molar refractivity (Wildman–Crippen MR) is 118 cm³/mol. The van der Waals surface area contributed by atoms with Gasteiger partial charge in [-0.2, -0.15) is 0 Å². The summed E-state index contributed by atoms with van der Waals surface area (Å²) in [7, 11) is 3.12. The number of pyridine rings is 1. The molecule has 0 unspecified atom stereocenters. The van der Waals surface area contributed by atoms with Crippen LogP contribution in [0.15, 0.2) is 60.7 Å². The van der Waals surface area contributed by atoms with Gasteiger partial charge < -0.3 is 14.8 Å². The van der Waals surface area contributed by atoms with Crippen LogP contribution in [0.5, 0.6) is 11.5 Å². The minimum absolute atomic E-state index is 0.254. The number of benzene rings is 2. The van der Waals surface area contributed by atoms with Crippen LogP contribution in [0.1, 0.15) is 10.4 Å². The molecule has 7 heteroatoms. The molecule has 0 fully saturated rings. The second-order valence-corrected chi connectivity index (χ2v) is 7.91. The number of carbonyl (C=O) groups is 1. The lowest BCUT2D eigenvalue weighted by Gasteiger charge is -2.13. The Kier molecular flexibility index (Phi) is 5.38. The number of rotatable bonds is 5. The number of nitrogens with zero attached hydrogens (tertiary/aromatic N) is 1. The molecule has 1 amide bonds. The zero-order chi connectivity index (χ0) is 20.4. The quantitative estimate of drug-likeness (QED) is 0.434. The van der Waals surface area contributed by atoms with Gasteiger partial charge in [-0.05, 0) is 36.4 Å². The molecule has 2 aromatic carbocycles.